The number of nitrogens with zero attached hydrogens (tertiary/aromatic N) is 1. The van der Waals surface area contributed by atoms with Gasteiger partial charge in [0.25, 0.3) is 0 Å². The first-order valence-corrected chi connectivity index (χ1v) is 7.78. The Morgan fingerprint density at radius 3 is 2.48 bits per heavy atom. The normalized spacial score (nSPS) is 22.8. The quantitative estimate of drug-likeness (QED) is 0.867. The number of carbonyl (C=O) groups is 2. The van der Waals surface area contributed by atoms with Crippen LogP contribution in [-0.4, -0.2) is 41.3 Å². The number of allylic oxidation sites excluding steroid dienone is 3. The minimum atomic E-state index is -0.167. The van der Waals surface area contributed by atoms with E-state index in [-0.39, 0.29) is 23.7 Å². The van der Waals surface area contributed by atoms with E-state index < -0.39 is 0 Å². The Bertz CT molecular complexity index is 495. The molecule has 0 bridgehead atoms. The Labute approximate surface area is 127 Å². The molecule has 1 fully saturated rings. The van der Waals surface area contributed by atoms with Crippen LogP contribution in [0.15, 0.2) is 23.3 Å². The summed E-state index contributed by atoms with van der Waals surface area (Å²) in [6.45, 7) is 10.4. The van der Waals surface area contributed by atoms with Gasteiger partial charge in [-0.3, -0.25) is 9.59 Å². The van der Waals surface area contributed by atoms with Crippen molar-refractivity contribution in [3.8, 4) is 0 Å². The van der Waals surface area contributed by atoms with Gasteiger partial charge in [-0.15, -0.1) is 0 Å². The third-order valence-corrected chi connectivity index (χ3v) is 4.67. The largest absolute Gasteiger partial charge is 0.347 e. The fourth-order valence-corrected chi connectivity index (χ4v) is 2.96. The van der Waals surface area contributed by atoms with E-state index in [1.54, 1.807) is 12.2 Å². The molecule has 2 rings (SSSR count). The summed E-state index contributed by atoms with van der Waals surface area (Å²) in [7, 11) is 0. The molecule has 0 unspecified atom stereocenters. The minimum absolute atomic E-state index is 0.00512. The molecule has 21 heavy (non-hydrogen) atoms. The van der Waals surface area contributed by atoms with Gasteiger partial charge >= 0.3 is 0 Å². The number of ketones is 1. The lowest BCUT2D eigenvalue weighted by atomic mass is 9.87. The smallest absolute Gasteiger partial charge is 0.248 e. The fraction of sp³-hybridized carbons (Fsp3) is 0.647. The molecule has 0 spiro atoms. The van der Waals surface area contributed by atoms with Gasteiger partial charge in [-0.05, 0) is 52.2 Å². The first-order valence-electron chi connectivity index (χ1n) is 7.78. The maximum absolute atomic E-state index is 12.5. The summed E-state index contributed by atoms with van der Waals surface area (Å²) < 4.78 is 0. The van der Waals surface area contributed by atoms with E-state index in [4.69, 9.17) is 0 Å². The van der Waals surface area contributed by atoms with Gasteiger partial charge < -0.3 is 10.2 Å². The summed E-state index contributed by atoms with van der Waals surface area (Å²) in [4.78, 5) is 26.4. The SMILES string of the molecule is CC1=C(C(=O)NC2(C)CCN(C(C)C)CC2)CC(=O)C=C1. The maximum Gasteiger partial charge on any atom is 0.248 e. The molecule has 1 amide bonds. The summed E-state index contributed by atoms with van der Waals surface area (Å²) in [6, 6.07) is 0.552. The van der Waals surface area contributed by atoms with Crippen molar-refractivity contribution < 1.29 is 9.59 Å². The predicted molar refractivity (Wildman–Crippen MR) is 84.0 cm³/mol. The van der Waals surface area contributed by atoms with E-state index in [2.05, 4.69) is 31.0 Å². The molecule has 0 aromatic heterocycles. The lowest BCUT2D eigenvalue weighted by Gasteiger charge is -2.41. The zero-order chi connectivity index (χ0) is 15.6. The summed E-state index contributed by atoms with van der Waals surface area (Å²) in [6.07, 6.45) is 5.42. The van der Waals surface area contributed by atoms with Crippen LogP contribution in [0.1, 0.15) is 47.0 Å². The standard InChI is InChI=1S/C17H26N2O2/c1-12(2)19-9-7-17(4,8-10-19)18-16(21)15-11-14(20)6-5-13(15)3/h5-6,12H,7-11H2,1-4H3,(H,18,21). The van der Waals surface area contributed by atoms with E-state index in [9.17, 15) is 9.59 Å². The molecule has 4 heteroatoms. The van der Waals surface area contributed by atoms with E-state index in [1.165, 1.54) is 0 Å². The number of likely N-dealkylation sites (tertiary alicyclic amines) is 1. The Hall–Kier alpha value is -1.42. The van der Waals surface area contributed by atoms with Crippen LogP contribution in [0.25, 0.3) is 0 Å². The summed E-state index contributed by atoms with van der Waals surface area (Å²) in [5.74, 6) is -0.0729. The van der Waals surface area contributed by atoms with Crippen LogP contribution in [-0.2, 0) is 9.59 Å². The van der Waals surface area contributed by atoms with Crippen LogP contribution in [0.5, 0.6) is 0 Å². The third kappa shape index (κ3) is 3.82. The van der Waals surface area contributed by atoms with E-state index in [0.717, 1.165) is 31.5 Å². The van der Waals surface area contributed by atoms with Crippen molar-refractivity contribution in [2.75, 3.05) is 13.1 Å². The molecule has 1 aliphatic heterocycles. The number of carbonyl (C=O) groups excluding carboxylic acids is 2. The zero-order valence-corrected chi connectivity index (χ0v) is 13.5. The predicted octanol–water partition coefficient (Wildman–Crippen LogP) is 2.21. The first kappa shape index (κ1) is 16.0. The molecular weight excluding hydrogens is 264 g/mol. The van der Waals surface area contributed by atoms with Crippen molar-refractivity contribution in [1.82, 2.24) is 10.2 Å². The highest BCUT2D eigenvalue weighted by Crippen LogP contribution is 2.25. The van der Waals surface area contributed by atoms with Crippen molar-refractivity contribution in [3.05, 3.63) is 23.3 Å². The second kappa shape index (κ2) is 6.14. The minimum Gasteiger partial charge on any atom is -0.347 e. The average molecular weight is 290 g/mol. The summed E-state index contributed by atoms with van der Waals surface area (Å²) in [5.41, 5.74) is 1.35. The molecule has 116 valence electrons. The molecule has 1 aliphatic carbocycles. The highest BCUT2D eigenvalue weighted by Gasteiger charge is 2.33. The lowest BCUT2D eigenvalue weighted by molar-refractivity contribution is -0.122. The van der Waals surface area contributed by atoms with E-state index in [0.29, 0.717) is 11.6 Å². The van der Waals surface area contributed by atoms with Crippen LogP contribution in [0.3, 0.4) is 0 Å². The molecule has 1 N–H and O–H groups in total. The molecule has 0 atom stereocenters. The monoisotopic (exact) mass is 290 g/mol. The number of hydrogen-bond donors (Lipinski definition) is 1. The second-order valence-corrected chi connectivity index (χ2v) is 6.78. The maximum atomic E-state index is 12.5. The van der Waals surface area contributed by atoms with Crippen molar-refractivity contribution in [2.45, 2.75) is 58.5 Å². The Balaban J connectivity index is 2.00. The first-order chi connectivity index (χ1) is 9.81. The summed E-state index contributed by atoms with van der Waals surface area (Å²) in [5, 5.41) is 3.17. The van der Waals surface area contributed by atoms with Gasteiger partial charge in [0.2, 0.25) is 5.91 Å². The highest BCUT2D eigenvalue weighted by molar-refractivity contribution is 6.05. The van der Waals surface area contributed by atoms with Gasteiger partial charge in [-0.25, -0.2) is 0 Å². The van der Waals surface area contributed by atoms with Crippen molar-refractivity contribution >= 4 is 11.7 Å². The summed E-state index contributed by atoms with van der Waals surface area (Å²) >= 11 is 0. The average Bonchev–Trinajstić information content (AvgIpc) is 2.41. The number of hydrogen-bond acceptors (Lipinski definition) is 3. The molecule has 1 heterocycles. The Kier molecular flexibility index (Phi) is 4.67. The molecule has 0 saturated carbocycles. The van der Waals surface area contributed by atoms with Crippen LogP contribution < -0.4 is 5.32 Å². The second-order valence-electron chi connectivity index (χ2n) is 6.78. The van der Waals surface area contributed by atoms with Crippen molar-refractivity contribution in [2.24, 2.45) is 0 Å². The topological polar surface area (TPSA) is 49.4 Å². The number of piperidine rings is 1. The molecule has 2 aliphatic rings. The van der Waals surface area contributed by atoms with Crippen molar-refractivity contribution in [3.63, 3.8) is 0 Å². The molecule has 1 saturated heterocycles. The van der Waals surface area contributed by atoms with Gasteiger partial charge in [0.15, 0.2) is 5.78 Å². The van der Waals surface area contributed by atoms with Crippen LogP contribution in [0.4, 0.5) is 0 Å². The van der Waals surface area contributed by atoms with Gasteiger partial charge in [-0.1, -0.05) is 6.08 Å². The fourth-order valence-electron chi connectivity index (χ4n) is 2.96. The highest BCUT2D eigenvalue weighted by atomic mass is 16.2. The van der Waals surface area contributed by atoms with Crippen molar-refractivity contribution in [1.29, 1.82) is 0 Å². The van der Waals surface area contributed by atoms with Crippen LogP contribution >= 0.6 is 0 Å². The van der Waals surface area contributed by atoms with Gasteiger partial charge in [0, 0.05) is 36.7 Å². The van der Waals surface area contributed by atoms with Crippen LogP contribution in [0, 0.1) is 0 Å². The molecular formula is C17H26N2O2. The number of rotatable bonds is 3. The number of nitrogens with one attached hydrogen (secondary N) is 1. The Morgan fingerprint density at radius 2 is 1.90 bits per heavy atom. The van der Waals surface area contributed by atoms with E-state index in [1.807, 2.05) is 6.92 Å². The van der Waals surface area contributed by atoms with Gasteiger partial charge in [-0.2, -0.15) is 0 Å². The van der Waals surface area contributed by atoms with Crippen LogP contribution in [0.2, 0.25) is 0 Å². The molecule has 4 nitrogen and oxygen atoms in total. The molecule has 0 radical (unpaired) electrons. The number of amides is 1. The zero-order valence-electron chi connectivity index (χ0n) is 13.5. The molecule has 0 aromatic carbocycles. The third-order valence-electron chi connectivity index (χ3n) is 4.67. The van der Waals surface area contributed by atoms with Gasteiger partial charge in [0.05, 0.1) is 0 Å². The van der Waals surface area contributed by atoms with E-state index >= 15 is 0 Å². The lowest BCUT2D eigenvalue weighted by Crippen LogP contribution is -2.54. The van der Waals surface area contributed by atoms with Gasteiger partial charge in [0.1, 0.15) is 0 Å². The molecule has 0 aromatic rings. The Morgan fingerprint density at radius 1 is 1.29 bits per heavy atom.